The number of amides is 1. The van der Waals surface area contributed by atoms with Crippen molar-refractivity contribution in [1.29, 1.82) is 0 Å². The number of benzene rings is 1. The molecule has 8 atom stereocenters. The van der Waals surface area contributed by atoms with Gasteiger partial charge in [0, 0.05) is 60.8 Å². The van der Waals surface area contributed by atoms with E-state index in [0.717, 1.165) is 56.0 Å². The minimum absolute atomic E-state index is 0.0170. The van der Waals surface area contributed by atoms with Gasteiger partial charge in [-0.2, -0.15) is 0 Å². The van der Waals surface area contributed by atoms with Gasteiger partial charge in [0.05, 0.1) is 29.4 Å². The number of thioether (sulfide) groups is 1. The Balaban J connectivity index is 1.12. The number of likely N-dealkylation sites (N-methyl/N-ethyl adjacent to an activating group) is 1. The third kappa shape index (κ3) is 6.92. The highest BCUT2D eigenvalue weighted by atomic mass is 32.2. The number of nitrogens with zero attached hydrogens (tertiary/aromatic N) is 5. The van der Waals surface area contributed by atoms with E-state index in [2.05, 4.69) is 59.8 Å². The lowest BCUT2D eigenvalue weighted by atomic mass is 9.44. The zero-order valence-corrected chi connectivity index (χ0v) is 31.1. The summed E-state index contributed by atoms with van der Waals surface area (Å²) in [6, 6.07) is 7.40. The van der Waals surface area contributed by atoms with Crippen molar-refractivity contribution in [3.8, 4) is 0 Å². The van der Waals surface area contributed by atoms with Gasteiger partial charge in [0.15, 0.2) is 0 Å². The standard InChI is InChI=1S/C38H54N6O5S/c1-7-36(4)20-31(37(5)25(2)12-14-38(26(3)35(36)48)15-13-29(45)34(37)38)49-33(47)24-50-30-11-9-8-10-28(30)39-32(46)23-44-22-27(40-41-44)21-43-18-16-42(6)17-19-43/h7-11,22,25-26,31,34-35,48H,1,12-21,23-24H2,2-6H3,(H,39,46)/t25-,26+,31-,34+,35+,36-,37+,38+/m1/s1. The lowest BCUT2D eigenvalue weighted by molar-refractivity contribution is -0.205. The number of ketones is 1. The molecule has 2 heterocycles. The maximum atomic E-state index is 13.7. The molecule has 0 radical (unpaired) electrons. The minimum atomic E-state index is -0.710. The van der Waals surface area contributed by atoms with Crippen molar-refractivity contribution >= 4 is 35.1 Å². The molecular formula is C38H54N6O5S. The SMILES string of the molecule is C=C[C@]1(C)C[C@@H](OC(=O)CSc2ccccc2NC(=O)Cn2cc(CN3CCN(C)CC3)nn2)[C@]2(C)[C@H](C)CC[C@]3(CCC(=O)[C@H]32)[C@@H](C)[C@@H]1O. The van der Waals surface area contributed by atoms with E-state index in [9.17, 15) is 19.5 Å². The van der Waals surface area contributed by atoms with Gasteiger partial charge in [-0.15, -0.1) is 23.4 Å². The number of aliphatic hydroxyl groups excluding tert-OH is 1. The molecule has 50 heavy (non-hydrogen) atoms. The molecule has 4 fully saturated rings. The van der Waals surface area contributed by atoms with Crippen LogP contribution in [0.4, 0.5) is 5.69 Å². The first-order valence-corrected chi connectivity index (χ1v) is 19.1. The number of aromatic nitrogens is 3. The van der Waals surface area contributed by atoms with Crippen molar-refractivity contribution in [2.75, 3.05) is 44.3 Å². The molecule has 3 saturated carbocycles. The quantitative estimate of drug-likeness (QED) is 0.205. The van der Waals surface area contributed by atoms with Gasteiger partial charge in [0.2, 0.25) is 5.91 Å². The number of Topliss-reactive ketones (excluding diaryl/α,β-unsaturated/α-hetero) is 1. The summed E-state index contributed by atoms with van der Waals surface area (Å²) in [6.45, 7) is 17.2. The van der Waals surface area contributed by atoms with E-state index in [1.54, 1.807) is 4.68 Å². The number of ether oxygens (including phenoxy) is 1. The number of rotatable bonds is 10. The average Bonchev–Trinajstić information content (AvgIpc) is 3.69. The summed E-state index contributed by atoms with van der Waals surface area (Å²) in [6.07, 6.45) is 5.82. The molecule has 1 aromatic carbocycles. The summed E-state index contributed by atoms with van der Waals surface area (Å²) in [5.74, 6) is -0.563. The van der Waals surface area contributed by atoms with Crippen LogP contribution in [0.3, 0.4) is 0 Å². The predicted octanol–water partition coefficient (Wildman–Crippen LogP) is 4.66. The second kappa shape index (κ2) is 14.5. The van der Waals surface area contributed by atoms with Crippen LogP contribution in [0.25, 0.3) is 0 Å². The predicted molar refractivity (Wildman–Crippen MR) is 193 cm³/mol. The molecule has 272 valence electrons. The number of carbonyl (C=O) groups is 3. The van der Waals surface area contributed by atoms with Gasteiger partial charge in [-0.05, 0) is 62.1 Å². The van der Waals surface area contributed by atoms with Gasteiger partial charge < -0.3 is 20.1 Å². The zero-order chi connectivity index (χ0) is 35.8. The molecule has 1 saturated heterocycles. The number of piperazine rings is 1. The van der Waals surface area contributed by atoms with Crippen LogP contribution >= 0.6 is 11.8 Å². The molecule has 1 aliphatic heterocycles. The second-order valence-corrected chi connectivity index (χ2v) is 16.9. The summed E-state index contributed by atoms with van der Waals surface area (Å²) < 4.78 is 7.97. The summed E-state index contributed by atoms with van der Waals surface area (Å²) in [5, 5.41) is 23.2. The Morgan fingerprint density at radius 3 is 2.64 bits per heavy atom. The molecule has 11 nitrogen and oxygen atoms in total. The minimum Gasteiger partial charge on any atom is -0.461 e. The third-order valence-electron chi connectivity index (χ3n) is 13.0. The number of hydrogen-bond acceptors (Lipinski definition) is 10. The van der Waals surface area contributed by atoms with E-state index in [0.29, 0.717) is 25.1 Å². The number of hydrogen-bond donors (Lipinski definition) is 2. The number of aliphatic hydroxyl groups is 1. The highest BCUT2D eigenvalue weighted by molar-refractivity contribution is 8.00. The fourth-order valence-corrected chi connectivity index (χ4v) is 10.4. The molecule has 2 aromatic rings. The molecule has 6 rings (SSSR count). The molecule has 1 aromatic heterocycles. The number of para-hydroxylation sites is 1. The van der Waals surface area contributed by atoms with E-state index >= 15 is 0 Å². The third-order valence-corrected chi connectivity index (χ3v) is 14.0. The summed E-state index contributed by atoms with van der Waals surface area (Å²) in [4.78, 5) is 45.9. The van der Waals surface area contributed by atoms with Crippen molar-refractivity contribution in [2.24, 2.45) is 34.0 Å². The van der Waals surface area contributed by atoms with Crippen molar-refractivity contribution in [2.45, 2.75) is 90.0 Å². The Morgan fingerprint density at radius 1 is 1.16 bits per heavy atom. The van der Waals surface area contributed by atoms with Crippen LogP contribution in [0, 0.1) is 34.0 Å². The Kier molecular flexibility index (Phi) is 10.7. The fraction of sp³-hybridized carbons (Fsp3) is 0.658. The topological polar surface area (TPSA) is 130 Å². The Labute approximate surface area is 300 Å². The molecule has 3 aliphatic carbocycles. The zero-order valence-electron chi connectivity index (χ0n) is 30.3. The summed E-state index contributed by atoms with van der Waals surface area (Å²) in [5.41, 5.74) is -0.145. The molecule has 1 amide bonds. The van der Waals surface area contributed by atoms with Gasteiger partial charge in [0.1, 0.15) is 18.4 Å². The van der Waals surface area contributed by atoms with Crippen LogP contribution < -0.4 is 5.32 Å². The molecule has 0 unspecified atom stereocenters. The molecule has 2 bridgehead atoms. The number of nitrogens with one attached hydrogen (secondary N) is 1. The first-order valence-electron chi connectivity index (χ1n) is 18.1. The molecule has 12 heteroatoms. The molecule has 0 spiro atoms. The van der Waals surface area contributed by atoms with Gasteiger partial charge in [-0.25, -0.2) is 4.68 Å². The molecular weight excluding hydrogens is 653 g/mol. The smallest absolute Gasteiger partial charge is 0.316 e. The van der Waals surface area contributed by atoms with Crippen molar-refractivity contribution in [3.05, 3.63) is 48.8 Å². The summed E-state index contributed by atoms with van der Waals surface area (Å²) in [7, 11) is 2.12. The van der Waals surface area contributed by atoms with Crippen LogP contribution in [0.5, 0.6) is 0 Å². The van der Waals surface area contributed by atoms with E-state index in [4.69, 9.17) is 4.74 Å². The monoisotopic (exact) mass is 706 g/mol. The lowest BCUT2D eigenvalue weighted by Crippen LogP contribution is -2.63. The first kappa shape index (κ1) is 36.7. The van der Waals surface area contributed by atoms with Crippen LogP contribution in [0.1, 0.15) is 65.5 Å². The highest BCUT2D eigenvalue weighted by Crippen LogP contribution is 2.68. The van der Waals surface area contributed by atoms with Crippen molar-refractivity contribution in [1.82, 2.24) is 24.8 Å². The van der Waals surface area contributed by atoms with Crippen LogP contribution in [0.15, 0.2) is 48.0 Å². The molecule has 2 N–H and O–H groups in total. The highest BCUT2D eigenvalue weighted by Gasteiger charge is 2.68. The first-order chi connectivity index (χ1) is 23.8. The van der Waals surface area contributed by atoms with Gasteiger partial charge in [-0.1, -0.05) is 51.1 Å². The van der Waals surface area contributed by atoms with Gasteiger partial charge in [-0.3, -0.25) is 19.3 Å². The van der Waals surface area contributed by atoms with E-state index in [-0.39, 0.29) is 53.1 Å². The van der Waals surface area contributed by atoms with Crippen LogP contribution in [-0.4, -0.2) is 98.7 Å². The lowest BCUT2D eigenvalue weighted by Gasteiger charge is -2.61. The van der Waals surface area contributed by atoms with Crippen LogP contribution in [-0.2, 0) is 32.2 Å². The van der Waals surface area contributed by atoms with Crippen molar-refractivity contribution in [3.63, 3.8) is 0 Å². The maximum Gasteiger partial charge on any atom is 0.316 e. The number of carbonyl (C=O) groups excluding carboxylic acids is 3. The van der Waals surface area contributed by atoms with Crippen molar-refractivity contribution < 1.29 is 24.2 Å². The fourth-order valence-electron chi connectivity index (χ4n) is 9.59. The van der Waals surface area contributed by atoms with E-state index in [1.807, 2.05) is 43.5 Å². The van der Waals surface area contributed by atoms with E-state index < -0.39 is 23.0 Å². The van der Waals surface area contributed by atoms with Crippen LogP contribution in [0.2, 0.25) is 0 Å². The number of anilines is 1. The summed E-state index contributed by atoms with van der Waals surface area (Å²) >= 11 is 1.30. The second-order valence-electron chi connectivity index (χ2n) is 15.9. The average molecular weight is 707 g/mol. The van der Waals surface area contributed by atoms with E-state index in [1.165, 1.54) is 11.8 Å². The molecule has 4 aliphatic rings. The Morgan fingerprint density at radius 2 is 1.90 bits per heavy atom. The maximum absolute atomic E-state index is 13.7. The van der Waals surface area contributed by atoms with Gasteiger partial charge in [0.25, 0.3) is 0 Å². The number of esters is 1. The Bertz CT molecular complexity index is 1590. The normalized spacial score (nSPS) is 34.8. The largest absolute Gasteiger partial charge is 0.461 e. The van der Waals surface area contributed by atoms with Gasteiger partial charge >= 0.3 is 5.97 Å². The Hall–Kier alpha value is -3.06.